The van der Waals surface area contributed by atoms with Gasteiger partial charge in [-0.3, -0.25) is 9.48 Å². The first-order valence-corrected chi connectivity index (χ1v) is 8.50. The molecule has 0 bridgehead atoms. The van der Waals surface area contributed by atoms with Gasteiger partial charge in [0.15, 0.2) is 5.78 Å². The highest BCUT2D eigenvalue weighted by molar-refractivity contribution is 9.11. The zero-order chi connectivity index (χ0) is 14.9. The molecular weight excluding hydrogens is 452 g/mol. The zero-order valence-corrected chi connectivity index (χ0v) is 15.8. The zero-order valence-electron chi connectivity index (χ0n) is 11.1. The van der Waals surface area contributed by atoms with Crippen LogP contribution in [0.2, 0.25) is 0 Å². The molecule has 0 radical (unpaired) electrons. The van der Waals surface area contributed by atoms with Crippen LogP contribution in [0.3, 0.4) is 0 Å². The van der Waals surface area contributed by atoms with Crippen LogP contribution in [0.1, 0.15) is 28.7 Å². The van der Waals surface area contributed by atoms with Gasteiger partial charge in [-0.15, -0.1) is 0 Å². The number of aryl methyl sites for hydroxylation is 2. The summed E-state index contributed by atoms with van der Waals surface area (Å²) in [5.41, 5.74) is 2.55. The van der Waals surface area contributed by atoms with Crippen LogP contribution in [-0.4, -0.2) is 15.6 Å². The second-order valence-electron chi connectivity index (χ2n) is 4.41. The van der Waals surface area contributed by atoms with Crippen LogP contribution in [0.5, 0.6) is 0 Å². The largest absolute Gasteiger partial charge is 0.294 e. The minimum Gasteiger partial charge on any atom is -0.294 e. The first kappa shape index (κ1) is 15.9. The van der Waals surface area contributed by atoms with Gasteiger partial charge < -0.3 is 0 Å². The molecule has 1 heterocycles. The molecule has 0 spiro atoms. The van der Waals surface area contributed by atoms with E-state index in [-0.39, 0.29) is 5.78 Å². The molecule has 0 saturated carbocycles. The molecule has 3 nitrogen and oxygen atoms in total. The summed E-state index contributed by atoms with van der Waals surface area (Å²) in [7, 11) is 1.86. The van der Waals surface area contributed by atoms with Crippen LogP contribution < -0.4 is 0 Å². The topological polar surface area (TPSA) is 34.9 Å². The fraction of sp³-hybridized carbons (Fsp3) is 0.286. The van der Waals surface area contributed by atoms with E-state index in [1.807, 2.05) is 32.2 Å². The van der Waals surface area contributed by atoms with Crippen molar-refractivity contribution in [3.8, 4) is 0 Å². The van der Waals surface area contributed by atoms with Crippen molar-refractivity contribution in [1.29, 1.82) is 0 Å². The van der Waals surface area contributed by atoms with Crippen LogP contribution in [-0.2, 0) is 19.9 Å². The Morgan fingerprint density at radius 1 is 1.30 bits per heavy atom. The molecule has 0 N–H and O–H groups in total. The lowest BCUT2D eigenvalue weighted by molar-refractivity contribution is 0.0990. The van der Waals surface area contributed by atoms with Crippen molar-refractivity contribution in [3.05, 3.63) is 48.6 Å². The average Bonchev–Trinajstić information content (AvgIpc) is 2.68. The highest BCUT2D eigenvalue weighted by Crippen LogP contribution is 2.26. The fourth-order valence-electron chi connectivity index (χ4n) is 1.97. The van der Waals surface area contributed by atoms with E-state index < -0.39 is 0 Å². The maximum absolute atomic E-state index is 12.5. The molecule has 0 unspecified atom stereocenters. The third-order valence-corrected chi connectivity index (χ3v) is 5.16. The van der Waals surface area contributed by atoms with E-state index in [0.29, 0.717) is 12.0 Å². The number of aromatic nitrogens is 2. The number of carbonyl (C=O) groups is 1. The molecule has 0 atom stereocenters. The van der Waals surface area contributed by atoms with Gasteiger partial charge >= 0.3 is 0 Å². The van der Waals surface area contributed by atoms with E-state index in [1.165, 1.54) is 0 Å². The molecule has 20 heavy (non-hydrogen) atoms. The summed E-state index contributed by atoms with van der Waals surface area (Å²) in [5, 5.41) is 4.41. The molecule has 2 aromatic rings. The number of rotatable bonds is 4. The Morgan fingerprint density at radius 2 is 2.00 bits per heavy atom. The fourth-order valence-corrected chi connectivity index (χ4v) is 3.56. The lowest BCUT2D eigenvalue weighted by Gasteiger charge is -2.06. The van der Waals surface area contributed by atoms with Gasteiger partial charge in [0.1, 0.15) is 0 Å². The van der Waals surface area contributed by atoms with Crippen molar-refractivity contribution >= 4 is 53.6 Å². The van der Waals surface area contributed by atoms with Crippen molar-refractivity contribution in [1.82, 2.24) is 9.78 Å². The van der Waals surface area contributed by atoms with E-state index in [4.69, 9.17) is 0 Å². The summed E-state index contributed by atoms with van der Waals surface area (Å²) in [5.74, 6) is 0.0597. The van der Waals surface area contributed by atoms with Gasteiger partial charge in [-0.05, 0) is 40.5 Å². The van der Waals surface area contributed by atoms with Gasteiger partial charge in [0.05, 0.1) is 22.3 Å². The summed E-state index contributed by atoms with van der Waals surface area (Å²) in [6.45, 7) is 2.05. The minimum atomic E-state index is 0.0597. The third-order valence-electron chi connectivity index (χ3n) is 3.06. The van der Waals surface area contributed by atoms with Gasteiger partial charge in [-0.2, -0.15) is 5.10 Å². The Labute approximate surface area is 143 Å². The number of nitrogens with zero attached hydrogens (tertiary/aromatic N) is 2. The highest BCUT2D eigenvalue weighted by Gasteiger charge is 2.18. The van der Waals surface area contributed by atoms with Crippen LogP contribution in [0, 0.1) is 0 Å². The predicted octanol–water partition coefficient (Wildman–Crippen LogP) is 4.70. The summed E-state index contributed by atoms with van der Waals surface area (Å²) >= 11 is 10.4. The number of hydrogen-bond donors (Lipinski definition) is 0. The first-order chi connectivity index (χ1) is 9.43. The van der Waals surface area contributed by atoms with E-state index in [2.05, 4.69) is 52.9 Å². The maximum Gasteiger partial charge on any atom is 0.170 e. The van der Waals surface area contributed by atoms with Crippen LogP contribution >= 0.6 is 47.8 Å². The van der Waals surface area contributed by atoms with Gasteiger partial charge in [-0.25, -0.2) is 0 Å². The molecule has 0 saturated heterocycles. The molecule has 0 aliphatic carbocycles. The monoisotopic (exact) mass is 462 g/mol. The number of benzene rings is 1. The number of Topliss-reactive ketones (excluding diaryl/α,β-unsaturated/α-hetero) is 1. The summed E-state index contributed by atoms with van der Waals surface area (Å²) < 4.78 is 4.40. The Bertz CT molecular complexity index is 665. The lowest BCUT2D eigenvalue weighted by Crippen LogP contribution is -2.09. The molecular formula is C14H13Br3N2O. The van der Waals surface area contributed by atoms with Crippen molar-refractivity contribution < 1.29 is 4.79 Å². The first-order valence-electron chi connectivity index (χ1n) is 6.12. The van der Waals surface area contributed by atoms with Gasteiger partial charge in [0.25, 0.3) is 0 Å². The molecule has 2 rings (SSSR count). The molecule has 1 aromatic carbocycles. The highest BCUT2D eigenvalue weighted by atomic mass is 79.9. The molecule has 0 amide bonds. The van der Waals surface area contributed by atoms with Crippen molar-refractivity contribution in [3.63, 3.8) is 0 Å². The third kappa shape index (κ3) is 3.23. The van der Waals surface area contributed by atoms with E-state index in [1.54, 1.807) is 4.68 Å². The summed E-state index contributed by atoms with van der Waals surface area (Å²) in [6, 6.07) is 5.60. The second-order valence-corrected chi connectivity index (χ2v) is 6.97. The molecule has 0 aliphatic rings. The summed E-state index contributed by atoms with van der Waals surface area (Å²) in [6.07, 6.45) is 1.16. The van der Waals surface area contributed by atoms with Crippen LogP contribution in [0.4, 0.5) is 0 Å². The van der Waals surface area contributed by atoms with Crippen molar-refractivity contribution in [2.24, 2.45) is 7.05 Å². The van der Waals surface area contributed by atoms with Crippen LogP contribution in [0.25, 0.3) is 0 Å². The predicted molar refractivity (Wildman–Crippen MR) is 90.2 cm³/mol. The van der Waals surface area contributed by atoms with E-state index >= 15 is 0 Å². The Hall–Kier alpha value is -0.460. The molecule has 106 valence electrons. The number of ketones is 1. The standard InChI is InChI=1S/C14H13Br3N2O/c1-3-11-14(17)12(19(2)18-11)7-13(20)9-6-8(15)4-5-10(9)16/h4-6H,3,7H2,1-2H3. The maximum atomic E-state index is 12.5. The van der Waals surface area contributed by atoms with Gasteiger partial charge in [0.2, 0.25) is 0 Å². The second kappa shape index (κ2) is 6.54. The van der Waals surface area contributed by atoms with Crippen molar-refractivity contribution in [2.45, 2.75) is 19.8 Å². The molecule has 0 fully saturated rings. The van der Waals surface area contributed by atoms with E-state index in [9.17, 15) is 4.79 Å². The smallest absolute Gasteiger partial charge is 0.170 e. The molecule has 0 aliphatic heterocycles. The number of hydrogen-bond acceptors (Lipinski definition) is 2. The van der Waals surface area contributed by atoms with Crippen molar-refractivity contribution in [2.75, 3.05) is 0 Å². The Kier molecular flexibility index (Phi) is 5.20. The molecule has 1 aromatic heterocycles. The summed E-state index contributed by atoms with van der Waals surface area (Å²) in [4.78, 5) is 12.5. The molecule has 6 heteroatoms. The quantitative estimate of drug-likeness (QED) is 0.615. The number of carbonyl (C=O) groups excluding carboxylic acids is 1. The number of halogens is 3. The average molecular weight is 465 g/mol. The normalized spacial score (nSPS) is 10.8. The SMILES string of the molecule is CCc1nn(C)c(CC(=O)c2cc(Br)ccc2Br)c1Br. The Morgan fingerprint density at radius 3 is 2.60 bits per heavy atom. The van der Waals surface area contributed by atoms with Crippen LogP contribution in [0.15, 0.2) is 31.6 Å². The van der Waals surface area contributed by atoms with Gasteiger partial charge in [-0.1, -0.05) is 38.8 Å². The minimum absolute atomic E-state index is 0.0597. The Balaban J connectivity index is 2.33. The lowest BCUT2D eigenvalue weighted by atomic mass is 10.1. The van der Waals surface area contributed by atoms with E-state index in [0.717, 1.165) is 31.2 Å². The van der Waals surface area contributed by atoms with Gasteiger partial charge in [0, 0.05) is 21.6 Å².